The Labute approximate surface area is 132 Å². The quantitative estimate of drug-likeness (QED) is 0.561. The summed E-state index contributed by atoms with van der Waals surface area (Å²) in [6, 6.07) is 9.76. The smallest absolute Gasteiger partial charge is 0.368 e. The van der Waals surface area contributed by atoms with Gasteiger partial charge in [0.05, 0.1) is 13.2 Å². The summed E-state index contributed by atoms with van der Waals surface area (Å²) >= 11 is 0. The number of carbonyl (C=O) groups excluding carboxylic acids is 1. The Kier molecular flexibility index (Phi) is 7.51. The number of carbonyl (C=O) groups is 1. The molecular formula is C17H27NO4. The molecule has 2 atom stereocenters. The summed E-state index contributed by atoms with van der Waals surface area (Å²) in [6.45, 7) is 4.10. The van der Waals surface area contributed by atoms with Crippen LogP contribution in [0.2, 0.25) is 0 Å². The molecule has 0 aliphatic heterocycles. The number of hydrogen-bond acceptors (Lipinski definition) is 5. The maximum Gasteiger partial charge on any atom is 0.368 e. The van der Waals surface area contributed by atoms with Gasteiger partial charge in [0, 0.05) is 20.3 Å². The molecule has 0 fully saturated rings. The monoisotopic (exact) mass is 309 g/mol. The van der Waals surface area contributed by atoms with E-state index in [4.69, 9.17) is 14.2 Å². The maximum atomic E-state index is 12.2. The molecule has 5 nitrogen and oxygen atoms in total. The van der Waals surface area contributed by atoms with Gasteiger partial charge in [0.2, 0.25) is 0 Å². The van der Waals surface area contributed by atoms with Gasteiger partial charge in [0.25, 0.3) is 5.79 Å². The van der Waals surface area contributed by atoms with Crippen LogP contribution in [0.5, 0.6) is 0 Å². The highest BCUT2D eigenvalue weighted by molar-refractivity contribution is 5.78. The highest BCUT2D eigenvalue weighted by Gasteiger charge is 2.48. The van der Waals surface area contributed by atoms with Gasteiger partial charge < -0.3 is 19.5 Å². The number of benzene rings is 1. The summed E-state index contributed by atoms with van der Waals surface area (Å²) in [4.78, 5) is 12.2. The van der Waals surface area contributed by atoms with Gasteiger partial charge in [0.1, 0.15) is 0 Å². The van der Waals surface area contributed by atoms with Crippen LogP contribution >= 0.6 is 0 Å². The van der Waals surface area contributed by atoms with Crippen LogP contribution in [0.4, 0.5) is 0 Å². The summed E-state index contributed by atoms with van der Waals surface area (Å²) in [6.07, 6.45) is 1.60. The second kappa shape index (κ2) is 8.88. The Morgan fingerprint density at radius 3 is 2.23 bits per heavy atom. The van der Waals surface area contributed by atoms with Crippen LogP contribution in [-0.2, 0) is 19.0 Å². The fourth-order valence-electron chi connectivity index (χ4n) is 2.63. The molecule has 22 heavy (non-hydrogen) atoms. The molecule has 0 unspecified atom stereocenters. The van der Waals surface area contributed by atoms with Crippen molar-refractivity contribution in [3.63, 3.8) is 0 Å². The second-order valence-corrected chi connectivity index (χ2v) is 5.21. The number of esters is 1. The molecule has 1 aromatic carbocycles. The SMILES string of the molecule is CCC[C@@H](N[C@@H](C)c1ccccc1)C(OC)(OC)C(=O)OC. The lowest BCUT2D eigenvalue weighted by atomic mass is 9.98. The van der Waals surface area contributed by atoms with Crippen LogP contribution in [0.3, 0.4) is 0 Å². The molecule has 0 saturated carbocycles. The standard InChI is InChI=1S/C17H27NO4/c1-6-10-15(17(21-4,22-5)16(19)20-3)18-13(2)14-11-8-7-9-12-14/h7-9,11-13,15,18H,6,10H2,1-5H3/t13-,15+/m0/s1. The van der Waals surface area contributed by atoms with E-state index < -0.39 is 11.8 Å². The summed E-state index contributed by atoms with van der Waals surface area (Å²) in [5.74, 6) is -1.99. The first-order chi connectivity index (χ1) is 10.6. The van der Waals surface area contributed by atoms with Crippen molar-refractivity contribution in [3.8, 4) is 0 Å². The zero-order valence-electron chi connectivity index (χ0n) is 14.1. The Hall–Kier alpha value is -1.43. The van der Waals surface area contributed by atoms with Crippen molar-refractivity contribution >= 4 is 5.97 Å². The van der Waals surface area contributed by atoms with E-state index in [-0.39, 0.29) is 12.1 Å². The number of rotatable bonds is 9. The molecule has 0 spiro atoms. The van der Waals surface area contributed by atoms with Crippen molar-refractivity contribution in [2.24, 2.45) is 0 Å². The van der Waals surface area contributed by atoms with Crippen molar-refractivity contribution in [3.05, 3.63) is 35.9 Å². The summed E-state index contributed by atoms with van der Waals surface area (Å²) in [5.41, 5.74) is 1.13. The van der Waals surface area contributed by atoms with Gasteiger partial charge in [-0.1, -0.05) is 43.7 Å². The van der Waals surface area contributed by atoms with Crippen molar-refractivity contribution in [1.82, 2.24) is 5.32 Å². The minimum Gasteiger partial charge on any atom is -0.465 e. The number of hydrogen-bond donors (Lipinski definition) is 1. The Morgan fingerprint density at radius 1 is 1.18 bits per heavy atom. The Morgan fingerprint density at radius 2 is 1.77 bits per heavy atom. The van der Waals surface area contributed by atoms with Gasteiger partial charge in [0.15, 0.2) is 0 Å². The Bertz CT molecular complexity index is 445. The first-order valence-electron chi connectivity index (χ1n) is 7.55. The third-order valence-corrected chi connectivity index (χ3v) is 3.86. The van der Waals surface area contributed by atoms with E-state index in [2.05, 4.69) is 12.2 Å². The minimum atomic E-state index is -1.45. The molecular weight excluding hydrogens is 282 g/mol. The topological polar surface area (TPSA) is 56.8 Å². The number of ether oxygens (including phenoxy) is 3. The zero-order valence-corrected chi connectivity index (χ0v) is 14.1. The average Bonchev–Trinajstić information content (AvgIpc) is 2.57. The summed E-state index contributed by atoms with van der Waals surface area (Å²) in [5, 5.41) is 3.44. The van der Waals surface area contributed by atoms with E-state index >= 15 is 0 Å². The molecule has 0 heterocycles. The fourth-order valence-corrected chi connectivity index (χ4v) is 2.63. The van der Waals surface area contributed by atoms with Crippen molar-refractivity contribution in [2.75, 3.05) is 21.3 Å². The van der Waals surface area contributed by atoms with Gasteiger partial charge in [-0.25, -0.2) is 4.79 Å². The van der Waals surface area contributed by atoms with E-state index in [0.717, 1.165) is 12.0 Å². The molecule has 0 bridgehead atoms. The van der Waals surface area contributed by atoms with E-state index in [1.54, 1.807) is 0 Å². The van der Waals surface area contributed by atoms with Crippen LogP contribution in [-0.4, -0.2) is 39.1 Å². The molecule has 0 aromatic heterocycles. The average molecular weight is 309 g/mol. The van der Waals surface area contributed by atoms with Crippen LogP contribution in [0, 0.1) is 0 Å². The van der Waals surface area contributed by atoms with Gasteiger partial charge in [-0.3, -0.25) is 0 Å². The fraction of sp³-hybridized carbons (Fsp3) is 0.588. The number of methoxy groups -OCH3 is 3. The Balaban J connectivity index is 3.02. The lowest BCUT2D eigenvalue weighted by molar-refractivity contribution is -0.240. The molecule has 5 heteroatoms. The van der Waals surface area contributed by atoms with Gasteiger partial charge >= 0.3 is 5.97 Å². The summed E-state index contributed by atoms with van der Waals surface area (Å²) in [7, 11) is 4.24. The first kappa shape index (κ1) is 18.6. The molecule has 1 rings (SSSR count). The molecule has 0 saturated heterocycles. The summed E-state index contributed by atoms with van der Waals surface area (Å²) < 4.78 is 15.7. The van der Waals surface area contributed by atoms with Crippen molar-refractivity contribution in [2.45, 2.75) is 44.6 Å². The van der Waals surface area contributed by atoms with Crippen LogP contribution in [0.15, 0.2) is 30.3 Å². The van der Waals surface area contributed by atoms with Gasteiger partial charge in [-0.2, -0.15) is 0 Å². The normalized spacial score (nSPS) is 14.4. The highest BCUT2D eigenvalue weighted by Crippen LogP contribution is 2.25. The minimum absolute atomic E-state index is 0.0482. The largest absolute Gasteiger partial charge is 0.465 e. The molecule has 124 valence electrons. The predicted octanol–water partition coefficient (Wildman–Crippen LogP) is 2.67. The number of nitrogens with one attached hydrogen (secondary N) is 1. The van der Waals surface area contributed by atoms with Crippen molar-refractivity contribution in [1.29, 1.82) is 0 Å². The molecule has 1 N–H and O–H groups in total. The molecule has 0 radical (unpaired) electrons. The maximum absolute atomic E-state index is 12.2. The van der Waals surface area contributed by atoms with Crippen molar-refractivity contribution < 1.29 is 19.0 Å². The van der Waals surface area contributed by atoms with Crippen LogP contribution < -0.4 is 5.32 Å². The lowest BCUT2D eigenvalue weighted by Crippen LogP contribution is -2.59. The van der Waals surface area contributed by atoms with E-state index in [1.807, 2.05) is 37.3 Å². The molecule has 0 aliphatic rings. The third-order valence-electron chi connectivity index (χ3n) is 3.86. The van der Waals surface area contributed by atoms with E-state index in [0.29, 0.717) is 6.42 Å². The van der Waals surface area contributed by atoms with E-state index in [9.17, 15) is 4.79 Å². The van der Waals surface area contributed by atoms with Gasteiger partial charge in [-0.15, -0.1) is 0 Å². The van der Waals surface area contributed by atoms with Crippen LogP contribution in [0.25, 0.3) is 0 Å². The predicted molar refractivity (Wildman–Crippen MR) is 85.5 cm³/mol. The first-order valence-corrected chi connectivity index (χ1v) is 7.55. The van der Waals surface area contributed by atoms with Crippen LogP contribution in [0.1, 0.15) is 38.3 Å². The second-order valence-electron chi connectivity index (χ2n) is 5.21. The third kappa shape index (κ3) is 4.06. The molecule has 1 aromatic rings. The lowest BCUT2D eigenvalue weighted by Gasteiger charge is -2.37. The van der Waals surface area contributed by atoms with Gasteiger partial charge in [-0.05, 0) is 18.9 Å². The molecule has 0 aliphatic carbocycles. The highest BCUT2D eigenvalue weighted by atomic mass is 16.7. The zero-order chi connectivity index (χ0) is 16.6. The van der Waals surface area contributed by atoms with E-state index in [1.165, 1.54) is 21.3 Å². The molecule has 0 amide bonds.